The first kappa shape index (κ1) is 13.4. The Kier molecular flexibility index (Phi) is 4.36. The smallest absolute Gasteiger partial charge is 0.130 e. The predicted molar refractivity (Wildman–Crippen MR) is 72.3 cm³/mol. The highest BCUT2D eigenvalue weighted by molar-refractivity contribution is 5.40. The zero-order valence-corrected chi connectivity index (χ0v) is 10.7. The van der Waals surface area contributed by atoms with Gasteiger partial charge in [-0.1, -0.05) is 18.2 Å². The van der Waals surface area contributed by atoms with Crippen molar-refractivity contribution < 1.29 is 13.9 Å². The van der Waals surface area contributed by atoms with Gasteiger partial charge in [0.1, 0.15) is 11.6 Å². The van der Waals surface area contributed by atoms with Gasteiger partial charge in [0, 0.05) is 11.3 Å². The Morgan fingerprint density at radius 1 is 1.11 bits per heavy atom. The van der Waals surface area contributed by atoms with Crippen molar-refractivity contribution in [3.05, 3.63) is 59.4 Å². The second kappa shape index (κ2) is 6.20. The zero-order valence-electron chi connectivity index (χ0n) is 10.7. The highest BCUT2D eigenvalue weighted by atomic mass is 19.1. The molecule has 0 aliphatic carbocycles. The first-order valence-electron chi connectivity index (χ1n) is 5.93. The van der Waals surface area contributed by atoms with Crippen LogP contribution in [-0.4, -0.2) is 7.11 Å². The van der Waals surface area contributed by atoms with Gasteiger partial charge in [-0.05, 0) is 29.8 Å². The summed E-state index contributed by atoms with van der Waals surface area (Å²) in [6.45, 7) is 0.615. The van der Waals surface area contributed by atoms with Crippen molar-refractivity contribution in [1.29, 1.82) is 0 Å². The minimum Gasteiger partial charge on any atom is -0.497 e. The zero-order chi connectivity index (χ0) is 13.7. The Morgan fingerprint density at radius 3 is 2.68 bits per heavy atom. The minimum atomic E-state index is -0.342. The highest BCUT2D eigenvalue weighted by Gasteiger charge is 2.03. The molecule has 0 unspecified atom stereocenters. The minimum absolute atomic E-state index is 0.212. The molecule has 0 fully saturated rings. The number of ether oxygens (including phenoxy) is 2. The molecule has 0 atom stereocenters. The number of rotatable bonds is 5. The molecule has 0 saturated heterocycles. The van der Waals surface area contributed by atoms with Crippen LogP contribution in [0.15, 0.2) is 42.5 Å². The molecule has 2 N–H and O–H groups in total. The molecule has 0 radical (unpaired) electrons. The van der Waals surface area contributed by atoms with E-state index in [1.165, 1.54) is 6.07 Å². The van der Waals surface area contributed by atoms with Gasteiger partial charge in [0.25, 0.3) is 0 Å². The summed E-state index contributed by atoms with van der Waals surface area (Å²) in [5.74, 6) is 0.436. The summed E-state index contributed by atoms with van der Waals surface area (Å²) >= 11 is 0. The van der Waals surface area contributed by atoms with E-state index < -0.39 is 0 Å². The second-order valence-corrected chi connectivity index (χ2v) is 4.20. The van der Waals surface area contributed by atoms with Gasteiger partial charge in [0.05, 0.1) is 20.3 Å². The molecular weight excluding hydrogens is 245 g/mol. The highest BCUT2D eigenvalue weighted by Crippen LogP contribution is 2.16. The van der Waals surface area contributed by atoms with Crippen molar-refractivity contribution in [2.75, 3.05) is 12.8 Å². The average molecular weight is 261 g/mol. The maximum absolute atomic E-state index is 13.5. The molecule has 2 rings (SSSR count). The number of nitrogens with two attached hydrogens (primary N) is 1. The van der Waals surface area contributed by atoms with Crippen LogP contribution >= 0.6 is 0 Å². The van der Waals surface area contributed by atoms with Crippen LogP contribution in [0.25, 0.3) is 0 Å². The molecule has 3 nitrogen and oxygen atoms in total. The van der Waals surface area contributed by atoms with Gasteiger partial charge in [-0.3, -0.25) is 0 Å². The SMILES string of the molecule is COc1cccc(COCc2ccc(N)cc2F)c1. The van der Waals surface area contributed by atoms with E-state index in [1.807, 2.05) is 24.3 Å². The van der Waals surface area contributed by atoms with Gasteiger partial charge in [0.2, 0.25) is 0 Å². The molecule has 0 saturated carbocycles. The van der Waals surface area contributed by atoms with Crippen molar-refractivity contribution in [2.24, 2.45) is 0 Å². The third-order valence-corrected chi connectivity index (χ3v) is 2.74. The molecule has 4 heteroatoms. The standard InChI is InChI=1S/C15H16FNO2/c1-18-14-4-2-3-11(7-14)9-19-10-12-5-6-13(17)8-15(12)16/h2-8H,9-10,17H2,1H3. The number of anilines is 1. The molecule has 19 heavy (non-hydrogen) atoms. The van der Waals surface area contributed by atoms with Crippen LogP contribution in [0, 0.1) is 5.82 Å². The monoisotopic (exact) mass is 261 g/mol. The summed E-state index contributed by atoms with van der Waals surface area (Å²) in [6.07, 6.45) is 0. The van der Waals surface area contributed by atoms with E-state index in [0.717, 1.165) is 11.3 Å². The first-order chi connectivity index (χ1) is 9.19. The number of halogens is 1. The van der Waals surface area contributed by atoms with Crippen molar-refractivity contribution in [3.63, 3.8) is 0 Å². The molecule has 2 aromatic carbocycles. The van der Waals surface area contributed by atoms with Gasteiger partial charge in [-0.15, -0.1) is 0 Å². The Morgan fingerprint density at radius 2 is 1.95 bits per heavy atom. The third kappa shape index (κ3) is 3.69. The largest absolute Gasteiger partial charge is 0.497 e. The van der Waals surface area contributed by atoms with Crippen LogP contribution in [-0.2, 0) is 18.0 Å². The quantitative estimate of drug-likeness (QED) is 0.841. The third-order valence-electron chi connectivity index (χ3n) is 2.74. The summed E-state index contributed by atoms with van der Waals surface area (Å²) in [5.41, 5.74) is 7.37. The summed E-state index contributed by atoms with van der Waals surface area (Å²) in [4.78, 5) is 0. The maximum Gasteiger partial charge on any atom is 0.130 e. The topological polar surface area (TPSA) is 44.5 Å². The molecule has 0 spiro atoms. The number of hydrogen-bond donors (Lipinski definition) is 1. The predicted octanol–water partition coefficient (Wildman–Crippen LogP) is 3.13. The van der Waals surface area contributed by atoms with Gasteiger partial charge < -0.3 is 15.2 Å². The molecule has 0 aliphatic rings. The summed E-state index contributed by atoms with van der Waals surface area (Å²) < 4.78 is 24.1. The summed E-state index contributed by atoms with van der Waals surface area (Å²) in [6, 6.07) is 12.2. The number of hydrogen-bond acceptors (Lipinski definition) is 3. The van der Waals surface area contributed by atoms with Crippen LogP contribution in [0.2, 0.25) is 0 Å². The Bertz CT molecular complexity index is 558. The van der Waals surface area contributed by atoms with E-state index in [1.54, 1.807) is 19.2 Å². The molecule has 2 aromatic rings. The fraction of sp³-hybridized carbons (Fsp3) is 0.200. The molecule has 0 heterocycles. The molecule has 100 valence electrons. The lowest BCUT2D eigenvalue weighted by atomic mass is 10.2. The Balaban J connectivity index is 1.92. The van der Waals surface area contributed by atoms with Crippen LogP contribution in [0.5, 0.6) is 5.75 Å². The Hall–Kier alpha value is -2.07. The van der Waals surface area contributed by atoms with Crippen LogP contribution < -0.4 is 10.5 Å². The van der Waals surface area contributed by atoms with E-state index in [2.05, 4.69) is 0 Å². The number of benzene rings is 2. The molecule has 0 amide bonds. The van der Waals surface area contributed by atoms with E-state index >= 15 is 0 Å². The summed E-state index contributed by atoms with van der Waals surface area (Å²) in [5, 5.41) is 0. The molecule has 0 aliphatic heterocycles. The van der Waals surface area contributed by atoms with E-state index in [4.69, 9.17) is 15.2 Å². The summed E-state index contributed by atoms with van der Waals surface area (Å²) in [7, 11) is 1.61. The van der Waals surface area contributed by atoms with Gasteiger partial charge in [-0.2, -0.15) is 0 Å². The molecule has 0 bridgehead atoms. The average Bonchev–Trinajstić information content (AvgIpc) is 2.41. The molecular formula is C15H16FNO2. The Labute approximate surface area is 111 Å². The van der Waals surface area contributed by atoms with Gasteiger partial charge in [-0.25, -0.2) is 4.39 Å². The van der Waals surface area contributed by atoms with Crippen molar-refractivity contribution >= 4 is 5.69 Å². The lowest BCUT2D eigenvalue weighted by molar-refractivity contribution is 0.105. The van der Waals surface area contributed by atoms with Gasteiger partial charge >= 0.3 is 0 Å². The number of methoxy groups -OCH3 is 1. The van der Waals surface area contributed by atoms with Crippen LogP contribution in [0.4, 0.5) is 10.1 Å². The van der Waals surface area contributed by atoms with Crippen molar-refractivity contribution in [3.8, 4) is 5.75 Å². The second-order valence-electron chi connectivity index (χ2n) is 4.20. The fourth-order valence-electron chi connectivity index (χ4n) is 1.72. The lowest BCUT2D eigenvalue weighted by Crippen LogP contribution is -1.98. The van der Waals surface area contributed by atoms with E-state index in [-0.39, 0.29) is 12.4 Å². The van der Waals surface area contributed by atoms with E-state index in [9.17, 15) is 4.39 Å². The first-order valence-corrected chi connectivity index (χ1v) is 5.93. The van der Waals surface area contributed by atoms with Crippen molar-refractivity contribution in [1.82, 2.24) is 0 Å². The van der Waals surface area contributed by atoms with Crippen LogP contribution in [0.3, 0.4) is 0 Å². The van der Waals surface area contributed by atoms with Crippen LogP contribution in [0.1, 0.15) is 11.1 Å². The normalized spacial score (nSPS) is 10.4. The van der Waals surface area contributed by atoms with Gasteiger partial charge in [0.15, 0.2) is 0 Å². The van der Waals surface area contributed by atoms with E-state index in [0.29, 0.717) is 17.9 Å². The number of nitrogen functional groups attached to an aromatic ring is 1. The lowest BCUT2D eigenvalue weighted by Gasteiger charge is -2.07. The van der Waals surface area contributed by atoms with Crippen molar-refractivity contribution in [2.45, 2.75) is 13.2 Å². The molecule has 0 aromatic heterocycles. The fourth-order valence-corrected chi connectivity index (χ4v) is 1.72. The maximum atomic E-state index is 13.5.